The Hall–Kier alpha value is -2.39. The Morgan fingerprint density at radius 3 is 2.21 bits per heavy atom. The van der Waals surface area contributed by atoms with Crippen molar-refractivity contribution in [3.05, 3.63) is 77.9 Å². The zero-order chi connectivity index (χ0) is 13.5. The van der Waals surface area contributed by atoms with Crippen LogP contribution in [0.5, 0.6) is 0 Å². The van der Waals surface area contributed by atoms with E-state index in [-0.39, 0.29) is 5.91 Å². The Morgan fingerprint density at radius 1 is 1.00 bits per heavy atom. The molecule has 19 heavy (non-hydrogen) atoms. The van der Waals surface area contributed by atoms with Crippen molar-refractivity contribution in [3.63, 3.8) is 0 Å². The number of benzene rings is 2. The summed E-state index contributed by atoms with van der Waals surface area (Å²) in [6.07, 6.45) is 3.81. The summed E-state index contributed by atoms with van der Waals surface area (Å²) in [5.41, 5.74) is 1.68. The number of carbonyl (C=O) groups is 1. The fraction of sp³-hybridized carbons (Fsp3) is 0.0625. The van der Waals surface area contributed by atoms with Crippen LogP contribution in [0.4, 0.5) is 0 Å². The number of nitrogens with two attached hydrogens (primary N) is 1. The monoisotopic (exact) mass is 252 g/mol. The Balaban J connectivity index is 1.93. The van der Waals surface area contributed by atoms with Crippen molar-refractivity contribution in [2.24, 2.45) is 5.84 Å². The number of hydrazine groups is 1. The summed E-state index contributed by atoms with van der Waals surface area (Å²) in [5.74, 6) is 5.56. The molecule has 2 aromatic rings. The second-order valence-corrected chi connectivity index (χ2v) is 4.14. The molecule has 0 spiro atoms. The lowest BCUT2D eigenvalue weighted by atomic mass is 10.2. The van der Waals surface area contributed by atoms with Crippen LogP contribution in [0.2, 0.25) is 0 Å². The van der Waals surface area contributed by atoms with E-state index < -0.39 is 0 Å². The van der Waals surface area contributed by atoms with Crippen LogP contribution in [0.15, 0.2) is 66.7 Å². The first-order valence-corrected chi connectivity index (χ1v) is 6.10. The molecule has 0 radical (unpaired) electrons. The molecule has 0 bridgehead atoms. The smallest absolute Gasteiger partial charge is 0.268 e. The van der Waals surface area contributed by atoms with Gasteiger partial charge in [-0.2, -0.15) is 0 Å². The molecule has 2 rings (SSSR count). The fourth-order valence-corrected chi connectivity index (χ4v) is 1.70. The number of hydrogen-bond donors (Lipinski definition) is 1. The summed E-state index contributed by atoms with van der Waals surface area (Å²) < 4.78 is 0. The van der Waals surface area contributed by atoms with E-state index in [1.807, 2.05) is 60.7 Å². The molecule has 0 aliphatic heterocycles. The van der Waals surface area contributed by atoms with E-state index in [1.54, 1.807) is 12.1 Å². The molecule has 0 heterocycles. The Kier molecular flexibility index (Phi) is 4.48. The molecule has 2 aromatic carbocycles. The minimum Gasteiger partial charge on any atom is -0.273 e. The van der Waals surface area contributed by atoms with Crippen LogP contribution in [0.3, 0.4) is 0 Å². The predicted octanol–water partition coefficient (Wildman–Crippen LogP) is 2.72. The summed E-state index contributed by atoms with van der Waals surface area (Å²) in [5, 5.41) is 1.20. The lowest BCUT2D eigenvalue weighted by molar-refractivity contribution is 0.0774. The second kappa shape index (κ2) is 6.52. The van der Waals surface area contributed by atoms with Gasteiger partial charge in [0.05, 0.1) is 6.54 Å². The molecule has 0 saturated carbocycles. The molecular formula is C16H16N2O. The van der Waals surface area contributed by atoms with Gasteiger partial charge in [0.25, 0.3) is 5.91 Å². The zero-order valence-electron chi connectivity index (χ0n) is 10.6. The third-order valence-electron chi connectivity index (χ3n) is 2.69. The number of hydrogen-bond acceptors (Lipinski definition) is 2. The summed E-state index contributed by atoms with van der Waals surface area (Å²) in [6.45, 7) is 0.378. The Morgan fingerprint density at radius 2 is 1.58 bits per heavy atom. The molecule has 0 unspecified atom stereocenters. The molecule has 0 saturated heterocycles. The first kappa shape index (κ1) is 13.1. The number of carbonyl (C=O) groups excluding carboxylic acids is 1. The van der Waals surface area contributed by atoms with Gasteiger partial charge < -0.3 is 0 Å². The molecule has 0 aliphatic carbocycles. The quantitative estimate of drug-likeness (QED) is 0.516. The normalized spacial score (nSPS) is 10.6. The Bertz CT molecular complexity index is 549. The van der Waals surface area contributed by atoms with Crippen molar-refractivity contribution in [2.75, 3.05) is 6.54 Å². The summed E-state index contributed by atoms with van der Waals surface area (Å²) in [4.78, 5) is 12.0. The maximum absolute atomic E-state index is 12.0. The van der Waals surface area contributed by atoms with Crippen LogP contribution in [0, 0.1) is 0 Å². The van der Waals surface area contributed by atoms with Gasteiger partial charge in [-0.1, -0.05) is 60.7 Å². The molecule has 0 aliphatic rings. The average Bonchev–Trinajstić information content (AvgIpc) is 2.48. The highest BCUT2D eigenvalue weighted by Crippen LogP contribution is 2.03. The summed E-state index contributed by atoms with van der Waals surface area (Å²) in [6, 6.07) is 18.9. The molecule has 3 heteroatoms. The number of rotatable bonds is 4. The highest BCUT2D eigenvalue weighted by Gasteiger charge is 2.09. The largest absolute Gasteiger partial charge is 0.273 e. The Labute approximate surface area is 112 Å². The van der Waals surface area contributed by atoms with E-state index in [0.717, 1.165) is 5.56 Å². The highest BCUT2D eigenvalue weighted by molar-refractivity contribution is 5.93. The third kappa shape index (κ3) is 3.79. The van der Waals surface area contributed by atoms with E-state index >= 15 is 0 Å². The van der Waals surface area contributed by atoms with Gasteiger partial charge in [-0.25, -0.2) is 5.84 Å². The minimum absolute atomic E-state index is 0.182. The molecule has 96 valence electrons. The molecule has 2 N–H and O–H groups in total. The summed E-state index contributed by atoms with van der Waals surface area (Å²) in [7, 11) is 0. The lowest BCUT2D eigenvalue weighted by Crippen LogP contribution is -2.37. The molecule has 0 fully saturated rings. The number of amides is 1. The first-order chi connectivity index (χ1) is 9.27. The lowest BCUT2D eigenvalue weighted by Gasteiger charge is -2.14. The van der Waals surface area contributed by atoms with Gasteiger partial charge >= 0.3 is 0 Å². The maximum Gasteiger partial charge on any atom is 0.268 e. The first-order valence-electron chi connectivity index (χ1n) is 6.10. The van der Waals surface area contributed by atoms with E-state index in [1.165, 1.54) is 5.01 Å². The van der Waals surface area contributed by atoms with Gasteiger partial charge in [0, 0.05) is 5.56 Å². The van der Waals surface area contributed by atoms with E-state index in [9.17, 15) is 4.79 Å². The van der Waals surface area contributed by atoms with Gasteiger partial charge in [-0.3, -0.25) is 9.80 Å². The van der Waals surface area contributed by atoms with Crippen LogP contribution >= 0.6 is 0 Å². The van der Waals surface area contributed by atoms with Crippen LogP contribution in [0.1, 0.15) is 15.9 Å². The molecule has 0 aromatic heterocycles. The zero-order valence-corrected chi connectivity index (χ0v) is 10.6. The van der Waals surface area contributed by atoms with Crippen molar-refractivity contribution >= 4 is 12.0 Å². The molecule has 3 nitrogen and oxygen atoms in total. The molecule has 0 atom stereocenters. The van der Waals surface area contributed by atoms with Gasteiger partial charge in [0.1, 0.15) is 0 Å². The van der Waals surface area contributed by atoms with Crippen LogP contribution in [-0.4, -0.2) is 17.5 Å². The van der Waals surface area contributed by atoms with E-state index in [4.69, 9.17) is 5.84 Å². The van der Waals surface area contributed by atoms with E-state index in [0.29, 0.717) is 12.1 Å². The van der Waals surface area contributed by atoms with Crippen LogP contribution < -0.4 is 5.84 Å². The second-order valence-electron chi connectivity index (χ2n) is 4.14. The van der Waals surface area contributed by atoms with Crippen molar-refractivity contribution < 1.29 is 4.79 Å². The number of nitrogens with zero attached hydrogens (tertiary/aromatic N) is 1. The molecular weight excluding hydrogens is 236 g/mol. The van der Waals surface area contributed by atoms with Gasteiger partial charge in [0.15, 0.2) is 0 Å². The standard InChI is InChI=1S/C16H16N2O/c17-18(16(19)15-11-5-2-6-12-15)13-7-10-14-8-3-1-4-9-14/h1-12H,13,17H2. The maximum atomic E-state index is 12.0. The van der Waals surface area contributed by atoms with Crippen molar-refractivity contribution in [2.45, 2.75) is 0 Å². The van der Waals surface area contributed by atoms with E-state index in [2.05, 4.69) is 0 Å². The van der Waals surface area contributed by atoms with Crippen LogP contribution in [-0.2, 0) is 0 Å². The van der Waals surface area contributed by atoms with Crippen molar-refractivity contribution in [1.82, 2.24) is 5.01 Å². The fourth-order valence-electron chi connectivity index (χ4n) is 1.70. The predicted molar refractivity (Wildman–Crippen MR) is 77.1 cm³/mol. The van der Waals surface area contributed by atoms with Gasteiger partial charge in [-0.15, -0.1) is 0 Å². The van der Waals surface area contributed by atoms with Crippen molar-refractivity contribution in [3.8, 4) is 0 Å². The topological polar surface area (TPSA) is 46.3 Å². The average molecular weight is 252 g/mol. The SMILES string of the molecule is NN(CC=Cc1ccccc1)C(=O)c1ccccc1. The molecule has 1 amide bonds. The van der Waals surface area contributed by atoms with Gasteiger partial charge in [0.2, 0.25) is 0 Å². The minimum atomic E-state index is -0.182. The summed E-state index contributed by atoms with van der Waals surface area (Å²) >= 11 is 0. The van der Waals surface area contributed by atoms with Crippen molar-refractivity contribution in [1.29, 1.82) is 0 Å². The highest BCUT2D eigenvalue weighted by atomic mass is 16.2. The van der Waals surface area contributed by atoms with Gasteiger partial charge in [-0.05, 0) is 17.7 Å². The third-order valence-corrected chi connectivity index (χ3v) is 2.69. The van der Waals surface area contributed by atoms with Crippen LogP contribution in [0.25, 0.3) is 6.08 Å².